The first-order valence-corrected chi connectivity index (χ1v) is 12.0. The average Bonchev–Trinajstić information content (AvgIpc) is 3.18. The van der Waals surface area contributed by atoms with E-state index in [2.05, 4.69) is 10.6 Å². The molecule has 0 aliphatic carbocycles. The number of rotatable bonds is 11. The molecule has 0 saturated carbocycles. The van der Waals surface area contributed by atoms with Gasteiger partial charge >= 0.3 is 0 Å². The van der Waals surface area contributed by atoms with Crippen LogP contribution in [0, 0.1) is 6.92 Å². The van der Waals surface area contributed by atoms with E-state index in [-0.39, 0.29) is 18.4 Å². The van der Waals surface area contributed by atoms with Crippen LogP contribution in [0.25, 0.3) is 10.9 Å². The van der Waals surface area contributed by atoms with Gasteiger partial charge in [-0.25, -0.2) is 0 Å². The van der Waals surface area contributed by atoms with Crippen LogP contribution in [0.15, 0.2) is 72.8 Å². The Morgan fingerprint density at radius 2 is 1.62 bits per heavy atom. The van der Waals surface area contributed by atoms with Crippen LogP contribution < -0.4 is 24.8 Å². The molecule has 2 N–H and O–H groups in total. The number of nitrogens with zero attached hydrogens (tertiary/aromatic N) is 1. The molecule has 0 atom stereocenters. The van der Waals surface area contributed by atoms with Crippen molar-refractivity contribution in [3.63, 3.8) is 0 Å². The van der Waals surface area contributed by atoms with Gasteiger partial charge in [0.15, 0.2) is 18.1 Å². The maximum absolute atomic E-state index is 13.1. The highest BCUT2D eigenvalue weighted by atomic mass is 16.5. The maximum atomic E-state index is 13.1. The fourth-order valence-electron chi connectivity index (χ4n) is 4.08. The van der Waals surface area contributed by atoms with E-state index in [9.17, 15) is 9.59 Å². The smallest absolute Gasteiger partial charge is 0.258 e. The quantitative estimate of drug-likeness (QED) is 0.303. The summed E-state index contributed by atoms with van der Waals surface area (Å²) in [5, 5.41) is 6.55. The van der Waals surface area contributed by atoms with E-state index in [1.165, 1.54) is 0 Å². The molecule has 0 aliphatic rings. The number of aromatic nitrogens is 1. The van der Waals surface area contributed by atoms with Crippen molar-refractivity contribution >= 4 is 22.7 Å². The van der Waals surface area contributed by atoms with E-state index in [0.29, 0.717) is 42.5 Å². The summed E-state index contributed by atoms with van der Waals surface area (Å²) >= 11 is 0. The van der Waals surface area contributed by atoms with Gasteiger partial charge in [0.25, 0.3) is 11.8 Å². The van der Waals surface area contributed by atoms with Crippen LogP contribution in [0.5, 0.6) is 17.2 Å². The van der Waals surface area contributed by atoms with E-state index in [1.54, 1.807) is 25.3 Å². The zero-order valence-electron chi connectivity index (χ0n) is 21.2. The Morgan fingerprint density at radius 1 is 0.892 bits per heavy atom. The molecule has 37 heavy (non-hydrogen) atoms. The Labute approximate surface area is 216 Å². The number of amides is 2. The van der Waals surface area contributed by atoms with Gasteiger partial charge in [-0.2, -0.15) is 0 Å². The van der Waals surface area contributed by atoms with E-state index in [4.69, 9.17) is 14.2 Å². The number of fused-ring (bicyclic) bond motifs is 1. The van der Waals surface area contributed by atoms with E-state index in [0.717, 1.165) is 22.2 Å². The van der Waals surface area contributed by atoms with Gasteiger partial charge in [-0.15, -0.1) is 0 Å². The van der Waals surface area contributed by atoms with Gasteiger partial charge in [-0.3, -0.25) is 9.59 Å². The highest BCUT2D eigenvalue weighted by molar-refractivity contribution is 6.08. The number of hydrogen-bond donors (Lipinski definition) is 2. The van der Waals surface area contributed by atoms with E-state index < -0.39 is 0 Å². The topological polar surface area (TPSA) is 90.8 Å². The molecule has 8 heteroatoms. The molecule has 1 aromatic heterocycles. The summed E-state index contributed by atoms with van der Waals surface area (Å²) in [6, 6.07) is 22.6. The van der Waals surface area contributed by atoms with E-state index in [1.807, 2.05) is 73.1 Å². The Bertz CT molecular complexity index is 1380. The highest BCUT2D eigenvalue weighted by Crippen LogP contribution is 2.29. The van der Waals surface area contributed by atoms with Crippen LogP contribution in [-0.2, 0) is 18.4 Å². The lowest BCUT2D eigenvalue weighted by molar-refractivity contribution is -0.123. The normalized spacial score (nSPS) is 10.7. The minimum absolute atomic E-state index is 0.151. The van der Waals surface area contributed by atoms with Gasteiger partial charge in [0.2, 0.25) is 0 Å². The summed E-state index contributed by atoms with van der Waals surface area (Å²) < 4.78 is 18.6. The van der Waals surface area contributed by atoms with E-state index >= 15 is 0 Å². The van der Waals surface area contributed by atoms with Crippen LogP contribution in [-0.4, -0.2) is 43.2 Å². The second kappa shape index (κ2) is 12.0. The zero-order chi connectivity index (χ0) is 26.2. The Kier molecular flexibility index (Phi) is 8.30. The number of aryl methyl sites for hydroxylation is 1. The lowest BCUT2D eigenvalue weighted by atomic mass is 10.1. The minimum Gasteiger partial charge on any atom is -0.493 e. The summed E-state index contributed by atoms with van der Waals surface area (Å²) in [5.41, 5.74) is 3.38. The first-order valence-electron chi connectivity index (χ1n) is 12.0. The van der Waals surface area contributed by atoms with Crippen molar-refractivity contribution in [2.24, 2.45) is 7.05 Å². The van der Waals surface area contributed by atoms with Gasteiger partial charge < -0.3 is 29.4 Å². The summed E-state index contributed by atoms with van der Waals surface area (Å²) in [6.45, 7) is 2.82. The Balaban J connectivity index is 1.34. The number of nitrogens with one attached hydrogen (secondary N) is 2. The zero-order valence-corrected chi connectivity index (χ0v) is 21.2. The largest absolute Gasteiger partial charge is 0.493 e. The summed E-state index contributed by atoms with van der Waals surface area (Å²) in [5.74, 6) is 1.34. The highest BCUT2D eigenvalue weighted by Gasteiger charge is 2.19. The molecule has 2 amide bonds. The number of carbonyl (C=O) groups is 2. The molecular formula is C29H31N3O5. The van der Waals surface area contributed by atoms with Gasteiger partial charge in [0, 0.05) is 30.2 Å². The lowest BCUT2D eigenvalue weighted by Crippen LogP contribution is -2.32. The maximum Gasteiger partial charge on any atom is 0.258 e. The second-order valence-corrected chi connectivity index (χ2v) is 8.50. The molecule has 0 spiro atoms. The number of hydrogen-bond acceptors (Lipinski definition) is 5. The van der Waals surface area contributed by atoms with Crippen molar-refractivity contribution in [1.29, 1.82) is 0 Å². The predicted molar refractivity (Wildman–Crippen MR) is 142 cm³/mol. The molecule has 0 bridgehead atoms. The standard InChI is InChI=1S/C29H31N3O5/c1-20-28(29(34)31-18-21-9-5-4-6-10-21)23-17-22(13-14-24(23)32(20)2)37-19-27(33)30-15-16-36-26-12-8-7-11-25(26)35-3/h4-14,17H,15-16,18-19H2,1-3H3,(H,30,33)(H,31,34). The monoisotopic (exact) mass is 501 g/mol. The van der Waals surface area contributed by atoms with Gasteiger partial charge in [0.1, 0.15) is 12.4 Å². The summed E-state index contributed by atoms with van der Waals surface area (Å²) in [7, 11) is 3.50. The Hall–Kier alpha value is -4.46. The van der Waals surface area contributed by atoms with Crippen LogP contribution in [0.1, 0.15) is 21.6 Å². The molecule has 0 fully saturated rings. The molecule has 8 nitrogen and oxygen atoms in total. The van der Waals surface area contributed by atoms with Gasteiger partial charge in [-0.05, 0) is 42.8 Å². The minimum atomic E-state index is -0.270. The van der Waals surface area contributed by atoms with Crippen LogP contribution in [0.3, 0.4) is 0 Å². The number of ether oxygens (including phenoxy) is 3. The van der Waals surface area contributed by atoms with Crippen LogP contribution >= 0.6 is 0 Å². The molecule has 192 valence electrons. The molecule has 4 aromatic rings. The molecule has 4 rings (SSSR count). The molecular weight excluding hydrogens is 470 g/mol. The molecule has 0 aliphatic heterocycles. The number of benzene rings is 3. The van der Waals surface area contributed by atoms with Crippen molar-refractivity contribution in [2.45, 2.75) is 13.5 Å². The molecule has 0 radical (unpaired) electrons. The molecule has 0 unspecified atom stereocenters. The molecule has 3 aromatic carbocycles. The number of para-hydroxylation sites is 2. The van der Waals surface area contributed by atoms with Crippen LogP contribution in [0.2, 0.25) is 0 Å². The second-order valence-electron chi connectivity index (χ2n) is 8.50. The molecule has 0 saturated heterocycles. The molecule has 1 heterocycles. The van der Waals surface area contributed by atoms with Crippen molar-refractivity contribution in [3.8, 4) is 17.2 Å². The third-order valence-electron chi connectivity index (χ3n) is 6.11. The summed E-state index contributed by atoms with van der Waals surface area (Å²) in [4.78, 5) is 25.4. The third-order valence-corrected chi connectivity index (χ3v) is 6.11. The first-order chi connectivity index (χ1) is 18.0. The fourth-order valence-corrected chi connectivity index (χ4v) is 4.08. The van der Waals surface area contributed by atoms with Crippen molar-refractivity contribution in [2.75, 3.05) is 26.9 Å². The number of carbonyl (C=O) groups excluding carboxylic acids is 2. The summed E-state index contributed by atoms with van der Waals surface area (Å²) in [6.07, 6.45) is 0. The number of methoxy groups -OCH3 is 1. The van der Waals surface area contributed by atoms with Gasteiger partial charge in [-0.1, -0.05) is 42.5 Å². The average molecular weight is 502 g/mol. The van der Waals surface area contributed by atoms with Crippen molar-refractivity contribution in [1.82, 2.24) is 15.2 Å². The SMILES string of the molecule is COc1ccccc1OCCNC(=O)COc1ccc2c(c1)c(C(=O)NCc1ccccc1)c(C)n2C. The Morgan fingerprint density at radius 3 is 2.38 bits per heavy atom. The first kappa shape index (κ1) is 25.6. The fraction of sp³-hybridized carbons (Fsp3) is 0.241. The van der Waals surface area contributed by atoms with Crippen molar-refractivity contribution < 1.29 is 23.8 Å². The van der Waals surface area contributed by atoms with Crippen molar-refractivity contribution in [3.05, 3.63) is 89.6 Å². The third kappa shape index (κ3) is 6.22. The lowest BCUT2D eigenvalue weighted by Gasteiger charge is -2.11. The van der Waals surface area contributed by atoms with Gasteiger partial charge in [0.05, 0.1) is 19.2 Å². The van der Waals surface area contributed by atoms with Crippen LogP contribution in [0.4, 0.5) is 0 Å². The predicted octanol–water partition coefficient (Wildman–Crippen LogP) is 4.00.